The summed E-state index contributed by atoms with van der Waals surface area (Å²) in [7, 11) is 0. The Morgan fingerprint density at radius 1 is 1.17 bits per heavy atom. The number of fused-ring (bicyclic) bond motifs is 1. The van der Waals surface area contributed by atoms with E-state index in [9.17, 15) is 5.11 Å². The minimum atomic E-state index is -0.170. The highest BCUT2D eigenvalue weighted by molar-refractivity contribution is 5.30. The highest BCUT2D eigenvalue weighted by Crippen LogP contribution is 2.34. The van der Waals surface area contributed by atoms with Gasteiger partial charge < -0.3 is 5.11 Å². The van der Waals surface area contributed by atoms with Crippen LogP contribution in [0.4, 0.5) is 0 Å². The third-order valence-electron chi connectivity index (χ3n) is 5.02. The second-order valence-corrected chi connectivity index (χ2v) is 6.68. The van der Waals surface area contributed by atoms with Crippen LogP contribution in [0.25, 0.3) is 5.78 Å². The molecule has 0 saturated carbocycles. The molecule has 24 heavy (non-hydrogen) atoms. The van der Waals surface area contributed by atoms with E-state index < -0.39 is 0 Å². The van der Waals surface area contributed by atoms with Crippen LogP contribution in [-0.2, 0) is 12.0 Å². The maximum absolute atomic E-state index is 10.1. The lowest BCUT2D eigenvalue weighted by atomic mass is 9.75. The Morgan fingerprint density at radius 3 is 2.83 bits per heavy atom. The average molecular weight is 322 g/mol. The van der Waals surface area contributed by atoms with Crippen LogP contribution in [0.1, 0.15) is 24.1 Å². The molecule has 0 bridgehead atoms. The number of aromatic nitrogens is 3. The molecule has 1 saturated heterocycles. The normalized spacial score (nSPS) is 22.0. The average Bonchev–Trinajstić information content (AvgIpc) is 3.05. The zero-order chi connectivity index (χ0) is 16.4. The molecule has 4 rings (SSSR count). The first-order chi connectivity index (χ1) is 11.8. The summed E-state index contributed by atoms with van der Waals surface area (Å²) in [6, 6.07) is 12.3. The number of piperidine rings is 1. The molecule has 1 fully saturated rings. The van der Waals surface area contributed by atoms with E-state index >= 15 is 0 Å². The van der Waals surface area contributed by atoms with Crippen LogP contribution in [0.15, 0.2) is 55.0 Å². The van der Waals surface area contributed by atoms with Gasteiger partial charge in [-0.05, 0) is 31.0 Å². The van der Waals surface area contributed by atoms with E-state index in [1.165, 1.54) is 5.56 Å². The lowest BCUT2D eigenvalue weighted by Gasteiger charge is -2.42. The Balaban J connectivity index is 1.56. The monoisotopic (exact) mass is 322 g/mol. The number of aliphatic hydroxyl groups excluding tert-OH is 1. The van der Waals surface area contributed by atoms with Gasteiger partial charge in [-0.15, -0.1) is 0 Å². The van der Waals surface area contributed by atoms with Crippen LogP contribution in [0, 0.1) is 0 Å². The fraction of sp³-hybridized carbons (Fsp3) is 0.368. The van der Waals surface area contributed by atoms with Crippen molar-refractivity contribution in [1.29, 1.82) is 0 Å². The molecule has 1 unspecified atom stereocenters. The minimum Gasteiger partial charge on any atom is -0.395 e. The Hall–Kier alpha value is -2.24. The van der Waals surface area contributed by atoms with Gasteiger partial charge in [0.15, 0.2) is 0 Å². The second-order valence-electron chi connectivity index (χ2n) is 6.68. The van der Waals surface area contributed by atoms with Gasteiger partial charge in [-0.25, -0.2) is 9.97 Å². The molecule has 3 aromatic rings. The number of nitrogens with zero attached hydrogens (tertiary/aromatic N) is 4. The van der Waals surface area contributed by atoms with Gasteiger partial charge in [-0.3, -0.25) is 9.30 Å². The third kappa shape index (κ3) is 2.81. The highest BCUT2D eigenvalue weighted by atomic mass is 16.3. The predicted molar refractivity (Wildman–Crippen MR) is 92.7 cm³/mol. The summed E-state index contributed by atoms with van der Waals surface area (Å²) in [5.41, 5.74) is 2.08. The zero-order valence-electron chi connectivity index (χ0n) is 13.7. The van der Waals surface area contributed by atoms with Gasteiger partial charge >= 0.3 is 0 Å². The number of hydrogen-bond donors (Lipinski definition) is 1. The van der Waals surface area contributed by atoms with Gasteiger partial charge in [0.2, 0.25) is 5.78 Å². The number of aliphatic hydroxyl groups is 1. The first kappa shape index (κ1) is 15.3. The molecule has 2 aromatic heterocycles. The van der Waals surface area contributed by atoms with Gasteiger partial charge in [0.1, 0.15) is 0 Å². The van der Waals surface area contributed by atoms with Gasteiger partial charge in [0.05, 0.1) is 12.3 Å². The van der Waals surface area contributed by atoms with Crippen molar-refractivity contribution in [1.82, 2.24) is 19.3 Å². The van der Waals surface area contributed by atoms with E-state index in [4.69, 9.17) is 0 Å². The van der Waals surface area contributed by atoms with Crippen molar-refractivity contribution in [2.24, 2.45) is 0 Å². The smallest absolute Gasteiger partial charge is 0.233 e. The molecule has 1 aliphatic heterocycles. The van der Waals surface area contributed by atoms with Crippen LogP contribution in [-0.4, -0.2) is 44.1 Å². The van der Waals surface area contributed by atoms with E-state index in [0.29, 0.717) is 0 Å². The standard InChI is InChI=1S/C19H22N4O/c24-15-19(16-6-2-1-3-7-16)8-4-10-22(14-19)12-17-13-23-11-5-9-20-18(23)21-17/h1-3,5-7,9,11,13,24H,4,8,10,12,14-15H2. The Bertz CT molecular complexity index is 783. The quantitative estimate of drug-likeness (QED) is 0.800. The molecule has 1 aromatic carbocycles. The molecule has 5 heteroatoms. The third-order valence-corrected chi connectivity index (χ3v) is 5.02. The van der Waals surface area contributed by atoms with Crippen molar-refractivity contribution in [3.8, 4) is 0 Å². The molecule has 3 heterocycles. The van der Waals surface area contributed by atoms with Gasteiger partial charge in [-0.1, -0.05) is 30.3 Å². The Labute approximate surface area is 141 Å². The molecule has 1 N–H and O–H groups in total. The van der Waals surface area contributed by atoms with E-state index in [1.807, 2.05) is 28.9 Å². The topological polar surface area (TPSA) is 53.7 Å². The number of benzene rings is 1. The van der Waals surface area contributed by atoms with Crippen LogP contribution < -0.4 is 0 Å². The lowest BCUT2D eigenvalue weighted by molar-refractivity contribution is 0.0844. The lowest BCUT2D eigenvalue weighted by Crippen LogP contribution is -2.48. The molecule has 0 radical (unpaired) electrons. The van der Waals surface area contributed by atoms with E-state index in [2.05, 4.69) is 39.1 Å². The first-order valence-corrected chi connectivity index (χ1v) is 8.46. The van der Waals surface area contributed by atoms with E-state index in [-0.39, 0.29) is 12.0 Å². The highest BCUT2D eigenvalue weighted by Gasteiger charge is 2.36. The van der Waals surface area contributed by atoms with Crippen LogP contribution in [0.2, 0.25) is 0 Å². The van der Waals surface area contributed by atoms with Crippen molar-refractivity contribution in [2.75, 3.05) is 19.7 Å². The van der Waals surface area contributed by atoms with Crippen LogP contribution >= 0.6 is 0 Å². The summed E-state index contributed by atoms with van der Waals surface area (Å²) in [4.78, 5) is 11.3. The Morgan fingerprint density at radius 2 is 2.04 bits per heavy atom. The molecule has 0 aliphatic carbocycles. The first-order valence-electron chi connectivity index (χ1n) is 8.46. The van der Waals surface area contributed by atoms with Crippen LogP contribution in [0.5, 0.6) is 0 Å². The van der Waals surface area contributed by atoms with Crippen molar-refractivity contribution in [2.45, 2.75) is 24.8 Å². The SMILES string of the molecule is OCC1(c2ccccc2)CCCN(Cc2cn3cccnc3n2)C1. The molecule has 0 amide bonds. The van der Waals surface area contributed by atoms with E-state index in [1.54, 1.807) is 6.20 Å². The Kier molecular flexibility index (Phi) is 4.04. The summed E-state index contributed by atoms with van der Waals surface area (Å²) in [5.74, 6) is 0.737. The van der Waals surface area contributed by atoms with Gasteiger partial charge in [0, 0.05) is 37.1 Å². The predicted octanol–water partition coefficient (Wildman–Crippen LogP) is 2.26. The minimum absolute atomic E-state index is 0.170. The summed E-state index contributed by atoms with van der Waals surface area (Å²) in [6.45, 7) is 2.86. The largest absolute Gasteiger partial charge is 0.395 e. The molecule has 1 aliphatic rings. The van der Waals surface area contributed by atoms with Crippen molar-refractivity contribution in [3.05, 3.63) is 66.2 Å². The molecular weight excluding hydrogens is 300 g/mol. The molecule has 1 atom stereocenters. The summed E-state index contributed by atoms with van der Waals surface area (Å²) < 4.78 is 1.95. The molecular formula is C19H22N4O. The maximum Gasteiger partial charge on any atom is 0.233 e. The summed E-state index contributed by atoms with van der Waals surface area (Å²) in [5, 5.41) is 10.1. The van der Waals surface area contributed by atoms with Gasteiger partial charge in [-0.2, -0.15) is 0 Å². The van der Waals surface area contributed by atoms with Crippen molar-refractivity contribution >= 4 is 5.78 Å². The number of likely N-dealkylation sites (tertiary alicyclic amines) is 1. The van der Waals surface area contributed by atoms with Crippen LogP contribution in [0.3, 0.4) is 0 Å². The fourth-order valence-corrected chi connectivity index (χ4v) is 3.79. The summed E-state index contributed by atoms with van der Waals surface area (Å²) in [6.07, 6.45) is 7.88. The van der Waals surface area contributed by atoms with E-state index in [0.717, 1.165) is 43.9 Å². The number of hydrogen-bond acceptors (Lipinski definition) is 4. The fourth-order valence-electron chi connectivity index (χ4n) is 3.79. The van der Waals surface area contributed by atoms with Crippen molar-refractivity contribution < 1.29 is 5.11 Å². The molecule has 0 spiro atoms. The summed E-state index contributed by atoms with van der Waals surface area (Å²) >= 11 is 0. The maximum atomic E-state index is 10.1. The number of imidazole rings is 1. The van der Waals surface area contributed by atoms with Crippen molar-refractivity contribution in [3.63, 3.8) is 0 Å². The number of rotatable bonds is 4. The zero-order valence-corrected chi connectivity index (χ0v) is 13.7. The second kappa shape index (κ2) is 6.34. The van der Waals surface area contributed by atoms with Gasteiger partial charge in [0.25, 0.3) is 0 Å². The molecule has 5 nitrogen and oxygen atoms in total. The molecule has 124 valence electrons.